The number of alkyl halides is 3. The van der Waals surface area contributed by atoms with Crippen LogP contribution in [0.2, 0.25) is 0 Å². The molecule has 1 saturated heterocycles. The highest BCUT2D eigenvalue weighted by Gasteiger charge is 2.40. The first kappa shape index (κ1) is 54.1. The summed E-state index contributed by atoms with van der Waals surface area (Å²) >= 11 is 0. The summed E-state index contributed by atoms with van der Waals surface area (Å²) < 4.78 is 85.3. The highest BCUT2D eigenvalue weighted by atomic mass is 32.2. The number of aromatic amines is 1. The molecular weight excluding hydrogens is 976 g/mol. The van der Waals surface area contributed by atoms with Crippen molar-refractivity contribution in [2.75, 3.05) is 6.54 Å². The lowest BCUT2D eigenvalue weighted by Crippen LogP contribution is -2.52. The molecule has 388 valence electrons. The monoisotopic (exact) mass is 1030 g/mol. The van der Waals surface area contributed by atoms with Gasteiger partial charge < -0.3 is 34.9 Å². The number of hydrogen-bond donors (Lipinski definition) is 4. The van der Waals surface area contributed by atoms with Gasteiger partial charge >= 0.3 is 18.2 Å². The van der Waals surface area contributed by atoms with Crippen LogP contribution in [0.25, 0.3) is 11.0 Å². The van der Waals surface area contributed by atoms with Crippen LogP contribution in [0.4, 0.5) is 18.0 Å². The number of H-pyrrole nitrogens is 1. The molecule has 6 aromatic carbocycles. The van der Waals surface area contributed by atoms with E-state index in [0.717, 1.165) is 50.3 Å². The van der Waals surface area contributed by atoms with Gasteiger partial charge in [0.2, 0.25) is 15.9 Å². The number of piperidine rings is 1. The minimum atomic E-state index is -4.71. The zero-order valence-corrected chi connectivity index (χ0v) is 41.9. The third-order valence-electron chi connectivity index (χ3n) is 11.8. The minimum Gasteiger partial charge on any atom is -0.489 e. The van der Waals surface area contributed by atoms with Gasteiger partial charge in [-0.2, -0.15) is 17.5 Å². The summed E-state index contributed by atoms with van der Waals surface area (Å²) in [6, 6.07) is 42.4. The van der Waals surface area contributed by atoms with E-state index in [9.17, 15) is 41.1 Å². The van der Waals surface area contributed by atoms with Crippen LogP contribution in [-0.4, -0.2) is 70.0 Å². The van der Waals surface area contributed by atoms with E-state index in [1.165, 1.54) is 0 Å². The molecule has 3 atom stereocenters. The number of benzene rings is 6. The standard InChI is InChI=1S/C35H33F3N4O4S.C21H25NO5/c36-35(37,38)26-11-8-12-28(22-26)47(44,45)42-20-7-6-15-32(42)34(43)41-31(33-39-29-13-4-5-14-30(29)40-33)21-24-16-18-27(19-17-24)46-23-25-9-2-1-3-10-25;1-21(2,3)27-20(25)22-18(19(23)24)13-15-9-11-17(12-10-15)26-14-16-7-5-4-6-8-16/h1-5,8-14,16-19,22,31-32H,6-7,15,20-21,23H2,(H,39,40)(H,41,43);4-12,18H,13-14H2,1-3H3,(H,22,25)(H,23,24)/t31-,32-;18-/m00/s1. The van der Waals surface area contributed by atoms with Crippen LogP contribution in [0.3, 0.4) is 0 Å². The maximum absolute atomic E-state index is 13.9. The van der Waals surface area contributed by atoms with Crippen LogP contribution in [0.15, 0.2) is 163 Å². The van der Waals surface area contributed by atoms with E-state index in [0.29, 0.717) is 61.4 Å². The molecule has 74 heavy (non-hydrogen) atoms. The van der Waals surface area contributed by atoms with Crippen LogP contribution in [0.1, 0.15) is 79.7 Å². The highest BCUT2D eigenvalue weighted by molar-refractivity contribution is 7.89. The van der Waals surface area contributed by atoms with Gasteiger partial charge in [-0.05, 0) is 117 Å². The van der Waals surface area contributed by atoms with Crippen LogP contribution in [0, 0.1) is 0 Å². The predicted molar refractivity (Wildman–Crippen MR) is 273 cm³/mol. The van der Waals surface area contributed by atoms with Gasteiger partial charge in [0.15, 0.2) is 0 Å². The summed E-state index contributed by atoms with van der Waals surface area (Å²) in [4.78, 5) is 44.6. The Labute approximate surface area is 427 Å². The molecule has 18 heteroatoms. The molecule has 2 amide bonds. The van der Waals surface area contributed by atoms with Gasteiger partial charge in [0.25, 0.3) is 0 Å². The summed E-state index contributed by atoms with van der Waals surface area (Å²) in [6.07, 6.45) is -3.69. The van der Waals surface area contributed by atoms with Crippen molar-refractivity contribution < 1.29 is 55.3 Å². The fourth-order valence-electron chi connectivity index (χ4n) is 8.09. The molecule has 1 fully saturated rings. The third kappa shape index (κ3) is 15.4. The Morgan fingerprint density at radius 1 is 0.716 bits per heavy atom. The molecule has 1 aliphatic rings. The van der Waals surface area contributed by atoms with E-state index in [2.05, 4.69) is 15.6 Å². The molecule has 0 saturated carbocycles. The fraction of sp³-hybridized carbons (Fsp3) is 0.286. The zero-order valence-electron chi connectivity index (χ0n) is 41.0. The Kier molecular flexibility index (Phi) is 17.8. The van der Waals surface area contributed by atoms with E-state index in [4.69, 9.17) is 19.2 Å². The van der Waals surface area contributed by atoms with Gasteiger partial charge in [-0.15, -0.1) is 0 Å². The van der Waals surface area contributed by atoms with Crippen molar-refractivity contribution in [2.45, 2.75) is 101 Å². The second-order valence-corrected chi connectivity index (χ2v) is 20.5. The number of imidazole rings is 1. The first-order valence-corrected chi connectivity index (χ1v) is 25.4. The minimum absolute atomic E-state index is 0.0103. The number of sulfonamides is 1. The number of nitrogens with one attached hydrogen (secondary N) is 3. The van der Waals surface area contributed by atoms with Gasteiger partial charge in [0, 0.05) is 13.0 Å². The zero-order chi connectivity index (χ0) is 52.9. The van der Waals surface area contributed by atoms with Gasteiger partial charge in [-0.1, -0.05) is 110 Å². The van der Waals surface area contributed by atoms with Crippen molar-refractivity contribution >= 4 is 39.0 Å². The number of carboxylic acids is 1. The molecular formula is C56H58F3N5O9S. The van der Waals surface area contributed by atoms with Crippen molar-refractivity contribution in [1.82, 2.24) is 24.9 Å². The quantitative estimate of drug-likeness (QED) is 0.0683. The molecule has 0 radical (unpaired) electrons. The number of para-hydroxylation sites is 2. The summed E-state index contributed by atoms with van der Waals surface area (Å²) in [5, 5.41) is 14.8. The number of alkyl carbamates (subject to hydrolysis) is 1. The van der Waals surface area contributed by atoms with Crippen LogP contribution in [0.5, 0.6) is 11.5 Å². The highest BCUT2D eigenvalue weighted by Crippen LogP contribution is 2.33. The van der Waals surface area contributed by atoms with Crippen LogP contribution in [-0.2, 0) is 56.6 Å². The van der Waals surface area contributed by atoms with Crippen LogP contribution < -0.4 is 20.1 Å². The Morgan fingerprint density at radius 2 is 1.28 bits per heavy atom. The Bertz CT molecular complexity index is 3050. The average molecular weight is 1030 g/mol. The number of aliphatic carboxylic acids is 1. The van der Waals surface area contributed by atoms with E-state index in [1.807, 2.05) is 109 Å². The molecule has 1 aliphatic heterocycles. The smallest absolute Gasteiger partial charge is 0.416 e. The van der Waals surface area contributed by atoms with Crippen molar-refractivity contribution in [3.63, 3.8) is 0 Å². The van der Waals surface area contributed by atoms with E-state index >= 15 is 0 Å². The number of fused-ring (bicyclic) bond motifs is 1. The third-order valence-corrected chi connectivity index (χ3v) is 13.7. The van der Waals surface area contributed by atoms with Crippen molar-refractivity contribution in [3.8, 4) is 11.5 Å². The molecule has 0 bridgehead atoms. The Hall–Kier alpha value is -7.70. The van der Waals surface area contributed by atoms with Crippen molar-refractivity contribution in [3.05, 3.63) is 191 Å². The second kappa shape index (κ2) is 24.3. The maximum Gasteiger partial charge on any atom is 0.416 e. The Morgan fingerprint density at radius 3 is 1.84 bits per heavy atom. The summed E-state index contributed by atoms with van der Waals surface area (Å²) in [5.74, 6) is 0.194. The lowest BCUT2D eigenvalue weighted by Gasteiger charge is -2.34. The van der Waals surface area contributed by atoms with Gasteiger partial charge in [0.1, 0.15) is 48.2 Å². The number of carboxylic acid groups (broad SMARTS) is 1. The summed E-state index contributed by atoms with van der Waals surface area (Å²) in [5.41, 5.74) is 3.47. The SMILES string of the molecule is CC(C)(C)OC(=O)N[C@@H](Cc1ccc(OCc2ccccc2)cc1)C(=O)O.O=C(N[C@@H](Cc1ccc(OCc2ccccc2)cc1)c1nc2ccccc2[nH]1)[C@@H]1CCCCN1S(=O)(=O)c1cccc(C(F)(F)F)c1. The predicted octanol–water partition coefficient (Wildman–Crippen LogP) is 10.6. The summed E-state index contributed by atoms with van der Waals surface area (Å²) in [7, 11) is -4.41. The number of rotatable bonds is 17. The lowest BCUT2D eigenvalue weighted by molar-refractivity contribution is -0.139. The average Bonchev–Trinajstić information content (AvgIpc) is 3.83. The number of aromatic nitrogens is 2. The topological polar surface area (TPSA) is 189 Å². The number of ether oxygens (including phenoxy) is 3. The van der Waals surface area contributed by atoms with Crippen molar-refractivity contribution in [1.29, 1.82) is 0 Å². The molecule has 8 rings (SSSR count). The molecule has 7 aromatic rings. The van der Waals surface area contributed by atoms with Gasteiger partial charge in [-0.25, -0.2) is 23.0 Å². The van der Waals surface area contributed by atoms with Gasteiger partial charge in [-0.3, -0.25) is 4.79 Å². The Balaban J connectivity index is 0.000000252. The number of amides is 2. The van der Waals surface area contributed by atoms with Gasteiger partial charge in [0.05, 0.1) is 27.5 Å². The summed E-state index contributed by atoms with van der Waals surface area (Å²) in [6.45, 7) is 6.04. The molecule has 4 N–H and O–H groups in total. The number of halogens is 3. The number of nitrogens with zero attached hydrogens (tertiary/aromatic N) is 2. The van der Waals surface area contributed by atoms with E-state index in [-0.39, 0.29) is 19.4 Å². The number of carbonyl (C=O) groups is 3. The molecule has 1 aromatic heterocycles. The largest absolute Gasteiger partial charge is 0.489 e. The normalized spacial score (nSPS) is 14.9. The second-order valence-electron chi connectivity index (χ2n) is 18.6. The van der Waals surface area contributed by atoms with Crippen molar-refractivity contribution in [2.24, 2.45) is 0 Å². The maximum atomic E-state index is 13.9. The lowest BCUT2D eigenvalue weighted by atomic mass is 10.0. The molecule has 0 spiro atoms. The van der Waals surface area contributed by atoms with E-state index < -0.39 is 68.4 Å². The molecule has 2 heterocycles. The van der Waals surface area contributed by atoms with E-state index in [1.54, 1.807) is 45.0 Å². The first-order chi connectivity index (χ1) is 35.3. The number of hydrogen-bond acceptors (Lipinski definition) is 9. The van der Waals surface area contributed by atoms with Crippen LogP contribution >= 0.6 is 0 Å². The molecule has 0 aliphatic carbocycles. The molecule has 14 nitrogen and oxygen atoms in total. The first-order valence-electron chi connectivity index (χ1n) is 24.0. The molecule has 0 unspecified atom stereocenters. The fourth-order valence-corrected chi connectivity index (χ4v) is 9.79. The number of carbonyl (C=O) groups excluding carboxylic acids is 2.